The first-order valence-electron chi connectivity index (χ1n) is 9.55. The third-order valence-electron chi connectivity index (χ3n) is 5.30. The van der Waals surface area contributed by atoms with Crippen molar-refractivity contribution in [2.24, 2.45) is 5.92 Å². The van der Waals surface area contributed by atoms with E-state index in [4.69, 9.17) is 0 Å². The third-order valence-corrected chi connectivity index (χ3v) is 5.30. The molecule has 2 aliphatic heterocycles. The molecule has 6 heteroatoms. The summed E-state index contributed by atoms with van der Waals surface area (Å²) in [7, 11) is 0. The van der Waals surface area contributed by atoms with Crippen molar-refractivity contribution >= 4 is 24.2 Å². The number of halogens is 1. The molecule has 3 rings (SSSR count). The summed E-state index contributed by atoms with van der Waals surface area (Å²) < 4.78 is 0. The number of carbonyl (C=O) groups is 2. The fourth-order valence-electron chi connectivity index (χ4n) is 3.91. The number of fused-ring (bicyclic) bond motifs is 1. The van der Waals surface area contributed by atoms with Gasteiger partial charge in [-0.15, -0.1) is 12.4 Å². The van der Waals surface area contributed by atoms with E-state index in [1.165, 1.54) is 11.1 Å². The van der Waals surface area contributed by atoms with Crippen LogP contribution >= 0.6 is 12.4 Å². The largest absolute Gasteiger partial charge is 0.354 e. The van der Waals surface area contributed by atoms with Crippen LogP contribution < -0.4 is 10.6 Å². The second-order valence-electron chi connectivity index (χ2n) is 7.13. The summed E-state index contributed by atoms with van der Waals surface area (Å²) in [5.41, 5.74) is 2.66. The molecule has 2 unspecified atom stereocenters. The maximum Gasteiger partial charge on any atom is 0.224 e. The van der Waals surface area contributed by atoms with Crippen LogP contribution in [0, 0.1) is 5.92 Å². The van der Waals surface area contributed by atoms with Gasteiger partial charge in [0.1, 0.15) is 0 Å². The van der Waals surface area contributed by atoms with Gasteiger partial charge in [0, 0.05) is 32.1 Å². The minimum absolute atomic E-state index is 0. The Hall–Kier alpha value is -1.59. The Balaban J connectivity index is 0.00000243. The minimum atomic E-state index is -0.0756. The molecule has 0 saturated carbocycles. The number of hydrogen-bond acceptors (Lipinski definition) is 3. The van der Waals surface area contributed by atoms with Gasteiger partial charge in [-0.05, 0) is 43.4 Å². The van der Waals surface area contributed by atoms with E-state index in [1.807, 2.05) is 11.8 Å². The molecule has 1 saturated heterocycles. The van der Waals surface area contributed by atoms with E-state index in [1.54, 1.807) is 0 Å². The van der Waals surface area contributed by atoms with Gasteiger partial charge in [0.2, 0.25) is 11.8 Å². The Bertz CT molecular complexity index is 623. The van der Waals surface area contributed by atoms with E-state index in [9.17, 15) is 9.59 Å². The number of nitrogens with one attached hydrogen (secondary N) is 2. The van der Waals surface area contributed by atoms with Crippen LogP contribution in [0.5, 0.6) is 0 Å². The van der Waals surface area contributed by atoms with Crippen LogP contribution in [0.25, 0.3) is 0 Å². The van der Waals surface area contributed by atoms with E-state index in [0.717, 1.165) is 38.8 Å². The molecule has 1 aromatic carbocycles. The van der Waals surface area contributed by atoms with E-state index >= 15 is 0 Å². The Morgan fingerprint density at radius 1 is 1.31 bits per heavy atom. The first kappa shape index (κ1) is 20.7. The van der Waals surface area contributed by atoms with E-state index in [2.05, 4.69) is 34.9 Å². The summed E-state index contributed by atoms with van der Waals surface area (Å²) in [4.78, 5) is 26.6. The molecule has 26 heavy (non-hydrogen) atoms. The number of amides is 2. The van der Waals surface area contributed by atoms with Crippen LogP contribution in [0.15, 0.2) is 24.3 Å². The molecule has 2 aliphatic rings. The standard InChI is InChI=1S/C20H29N3O2.ClH/c1-2-6-19(24)23-12-5-8-16(14-23)20(25)22-13-18-17-9-4-3-7-15(17)10-11-21-18;/h3-4,7,9,16,18,21H,2,5-6,8,10-14H2,1H3,(H,22,25);1H. The average molecular weight is 380 g/mol. The zero-order valence-corrected chi connectivity index (χ0v) is 16.3. The normalized spacial score (nSPS) is 22.1. The van der Waals surface area contributed by atoms with Gasteiger partial charge < -0.3 is 15.5 Å². The van der Waals surface area contributed by atoms with Crippen molar-refractivity contribution in [3.63, 3.8) is 0 Å². The number of piperidine rings is 1. The van der Waals surface area contributed by atoms with E-state index < -0.39 is 0 Å². The molecule has 0 spiro atoms. The molecular weight excluding hydrogens is 350 g/mol. The monoisotopic (exact) mass is 379 g/mol. The molecule has 2 heterocycles. The first-order valence-corrected chi connectivity index (χ1v) is 9.55. The Labute approximate surface area is 162 Å². The summed E-state index contributed by atoms with van der Waals surface area (Å²) in [6, 6.07) is 8.62. The smallest absolute Gasteiger partial charge is 0.224 e. The lowest BCUT2D eigenvalue weighted by Crippen LogP contribution is -2.47. The molecule has 144 valence electrons. The fraction of sp³-hybridized carbons (Fsp3) is 0.600. The number of rotatable bonds is 5. The van der Waals surface area contributed by atoms with E-state index in [0.29, 0.717) is 19.5 Å². The lowest BCUT2D eigenvalue weighted by atomic mass is 9.93. The van der Waals surface area contributed by atoms with E-state index in [-0.39, 0.29) is 36.2 Å². The van der Waals surface area contributed by atoms with Crippen molar-refractivity contribution in [3.8, 4) is 0 Å². The average Bonchev–Trinajstić information content (AvgIpc) is 2.66. The summed E-state index contributed by atoms with van der Waals surface area (Å²) >= 11 is 0. The van der Waals surface area contributed by atoms with Crippen LogP contribution in [0.3, 0.4) is 0 Å². The molecule has 1 aromatic rings. The summed E-state index contributed by atoms with van der Waals surface area (Å²) in [5, 5.41) is 6.61. The number of nitrogens with zero attached hydrogens (tertiary/aromatic N) is 1. The van der Waals surface area contributed by atoms with Crippen LogP contribution in [0.2, 0.25) is 0 Å². The number of hydrogen-bond donors (Lipinski definition) is 2. The Morgan fingerprint density at radius 2 is 2.12 bits per heavy atom. The van der Waals surface area contributed by atoms with Crippen molar-refractivity contribution in [1.29, 1.82) is 0 Å². The van der Waals surface area contributed by atoms with Crippen molar-refractivity contribution in [2.75, 3.05) is 26.2 Å². The Morgan fingerprint density at radius 3 is 2.92 bits per heavy atom. The van der Waals surface area contributed by atoms with Crippen LogP contribution in [-0.4, -0.2) is 42.9 Å². The summed E-state index contributed by atoms with van der Waals surface area (Å²) in [5.74, 6) is 0.190. The quantitative estimate of drug-likeness (QED) is 0.826. The van der Waals surface area contributed by atoms with Crippen LogP contribution in [0.4, 0.5) is 0 Å². The van der Waals surface area contributed by atoms with Crippen LogP contribution in [-0.2, 0) is 16.0 Å². The highest BCUT2D eigenvalue weighted by molar-refractivity contribution is 5.85. The summed E-state index contributed by atoms with van der Waals surface area (Å²) in [6.45, 7) is 4.93. The highest BCUT2D eigenvalue weighted by Gasteiger charge is 2.28. The van der Waals surface area contributed by atoms with Crippen molar-refractivity contribution in [3.05, 3.63) is 35.4 Å². The van der Waals surface area contributed by atoms with Gasteiger partial charge in [0.25, 0.3) is 0 Å². The molecule has 1 fully saturated rings. The maximum absolute atomic E-state index is 12.6. The molecule has 0 bridgehead atoms. The van der Waals surface area contributed by atoms with Gasteiger partial charge in [-0.2, -0.15) is 0 Å². The summed E-state index contributed by atoms with van der Waals surface area (Å²) in [6.07, 6.45) is 4.27. The van der Waals surface area contributed by atoms with Gasteiger partial charge in [-0.1, -0.05) is 31.2 Å². The van der Waals surface area contributed by atoms with Gasteiger partial charge in [0.05, 0.1) is 5.92 Å². The molecule has 0 aliphatic carbocycles. The fourth-order valence-corrected chi connectivity index (χ4v) is 3.91. The zero-order valence-electron chi connectivity index (χ0n) is 15.5. The maximum atomic E-state index is 12.6. The second-order valence-corrected chi connectivity index (χ2v) is 7.13. The lowest BCUT2D eigenvalue weighted by Gasteiger charge is -2.33. The topological polar surface area (TPSA) is 61.4 Å². The highest BCUT2D eigenvalue weighted by atomic mass is 35.5. The SMILES string of the molecule is CCCC(=O)N1CCCC(C(=O)NCC2NCCc3ccccc32)C1.Cl. The minimum Gasteiger partial charge on any atom is -0.354 e. The third kappa shape index (κ3) is 4.98. The number of likely N-dealkylation sites (tertiary alicyclic amines) is 1. The highest BCUT2D eigenvalue weighted by Crippen LogP contribution is 2.22. The number of carbonyl (C=O) groups excluding carboxylic acids is 2. The molecule has 2 amide bonds. The molecule has 0 radical (unpaired) electrons. The number of benzene rings is 1. The van der Waals surface area contributed by atoms with Gasteiger partial charge >= 0.3 is 0 Å². The Kier molecular flexibility index (Phi) is 7.91. The van der Waals surface area contributed by atoms with Gasteiger partial charge in [0.15, 0.2) is 0 Å². The molecule has 5 nitrogen and oxygen atoms in total. The first-order chi connectivity index (χ1) is 12.2. The molecular formula is C20H30ClN3O2. The molecule has 2 atom stereocenters. The predicted molar refractivity (Wildman–Crippen MR) is 105 cm³/mol. The van der Waals surface area contributed by atoms with Crippen molar-refractivity contribution < 1.29 is 9.59 Å². The van der Waals surface area contributed by atoms with Gasteiger partial charge in [-0.25, -0.2) is 0 Å². The van der Waals surface area contributed by atoms with Crippen LogP contribution in [0.1, 0.15) is 49.8 Å². The predicted octanol–water partition coefficient (Wildman–Crippen LogP) is 2.45. The second kappa shape index (κ2) is 9.93. The lowest BCUT2D eigenvalue weighted by molar-refractivity contribution is -0.135. The van der Waals surface area contributed by atoms with Crippen molar-refractivity contribution in [2.45, 2.75) is 45.1 Å². The van der Waals surface area contributed by atoms with Crippen molar-refractivity contribution in [1.82, 2.24) is 15.5 Å². The zero-order chi connectivity index (χ0) is 17.6. The van der Waals surface area contributed by atoms with Gasteiger partial charge in [-0.3, -0.25) is 9.59 Å². The molecule has 0 aromatic heterocycles. The molecule has 2 N–H and O–H groups in total.